The van der Waals surface area contributed by atoms with Gasteiger partial charge in [0.05, 0.1) is 0 Å². The first-order chi connectivity index (χ1) is 7.31. The van der Waals surface area contributed by atoms with Gasteiger partial charge in [0, 0.05) is 32.2 Å². The summed E-state index contributed by atoms with van der Waals surface area (Å²) in [7, 11) is 0. The van der Waals surface area contributed by atoms with Crippen molar-refractivity contribution in [1.82, 2.24) is 5.32 Å². The molecular formula is C12H25NO2. The van der Waals surface area contributed by atoms with Crippen LogP contribution in [0.15, 0.2) is 0 Å². The van der Waals surface area contributed by atoms with Gasteiger partial charge in [-0.05, 0) is 26.2 Å². The van der Waals surface area contributed by atoms with Crippen LogP contribution in [0.2, 0.25) is 0 Å². The third kappa shape index (κ3) is 4.96. The lowest BCUT2D eigenvalue weighted by Crippen LogP contribution is -2.26. The van der Waals surface area contributed by atoms with E-state index in [1.54, 1.807) is 0 Å². The van der Waals surface area contributed by atoms with Crippen molar-refractivity contribution < 1.29 is 9.47 Å². The Morgan fingerprint density at radius 2 is 1.87 bits per heavy atom. The third-order valence-corrected chi connectivity index (χ3v) is 2.94. The van der Waals surface area contributed by atoms with E-state index in [4.69, 9.17) is 9.47 Å². The Labute approximate surface area is 93.5 Å². The van der Waals surface area contributed by atoms with Crippen molar-refractivity contribution in [1.29, 1.82) is 0 Å². The lowest BCUT2D eigenvalue weighted by atomic mass is 10.3. The van der Waals surface area contributed by atoms with Crippen molar-refractivity contribution in [2.45, 2.75) is 52.4 Å². The van der Waals surface area contributed by atoms with Crippen molar-refractivity contribution in [3.05, 3.63) is 0 Å². The fourth-order valence-corrected chi connectivity index (χ4v) is 1.92. The minimum absolute atomic E-state index is 0.0219. The summed E-state index contributed by atoms with van der Waals surface area (Å²) >= 11 is 0. The highest BCUT2D eigenvalue weighted by atomic mass is 16.7. The van der Waals surface area contributed by atoms with Crippen LogP contribution in [0, 0.1) is 5.92 Å². The largest absolute Gasteiger partial charge is 0.353 e. The second-order valence-electron chi connectivity index (χ2n) is 4.09. The molecule has 1 saturated carbocycles. The molecule has 0 spiro atoms. The molecule has 0 aromatic rings. The Kier molecular flexibility index (Phi) is 6.22. The molecule has 0 aliphatic heterocycles. The summed E-state index contributed by atoms with van der Waals surface area (Å²) in [5.41, 5.74) is 0. The van der Waals surface area contributed by atoms with E-state index < -0.39 is 0 Å². The normalized spacial score (nSPS) is 24.8. The van der Waals surface area contributed by atoms with Crippen LogP contribution in [-0.2, 0) is 9.47 Å². The van der Waals surface area contributed by atoms with Crippen LogP contribution in [0.1, 0.15) is 40.0 Å². The molecule has 0 aromatic carbocycles. The van der Waals surface area contributed by atoms with E-state index in [1.807, 2.05) is 13.8 Å². The zero-order valence-electron chi connectivity index (χ0n) is 10.3. The maximum Gasteiger partial charge on any atom is 0.158 e. The Morgan fingerprint density at radius 1 is 1.20 bits per heavy atom. The maximum absolute atomic E-state index is 5.48. The summed E-state index contributed by atoms with van der Waals surface area (Å²) in [6.07, 6.45) is 3.59. The molecule has 0 amide bonds. The van der Waals surface area contributed by atoms with Crippen LogP contribution >= 0.6 is 0 Å². The van der Waals surface area contributed by atoms with Crippen molar-refractivity contribution in [2.75, 3.05) is 19.8 Å². The number of ether oxygens (including phenoxy) is 2. The smallest absolute Gasteiger partial charge is 0.158 e. The van der Waals surface area contributed by atoms with E-state index in [9.17, 15) is 0 Å². The lowest BCUT2D eigenvalue weighted by molar-refractivity contribution is -0.138. The van der Waals surface area contributed by atoms with Crippen LogP contribution in [0.4, 0.5) is 0 Å². The lowest BCUT2D eigenvalue weighted by Gasteiger charge is -2.16. The fourth-order valence-electron chi connectivity index (χ4n) is 1.92. The first kappa shape index (κ1) is 12.9. The first-order valence-electron chi connectivity index (χ1n) is 6.28. The second-order valence-corrected chi connectivity index (χ2v) is 4.09. The molecule has 0 saturated heterocycles. The number of hydrogen-bond acceptors (Lipinski definition) is 3. The molecule has 1 N–H and O–H groups in total. The van der Waals surface area contributed by atoms with Crippen molar-refractivity contribution in [3.8, 4) is 0 Å². The molecule has 90 valence electrons. The van der Waals surface area contributed by atoms with Gasteiger partial charge in [-0.3, -0.25) is 0 Å². The summed E-state index contributed by atoms with van der Waals surface area (Å²) in [5.74, 6) is 0.919. The topological polar surface area (TPSA) is 30.5 Å². The average Bonchev–Trinajstić information content (AvgIpc) is 2.97. The van der Waals surface area contributed by atoms with E-state index >= 15 is 0 Å². The minimum Gasteiger partial charge on any atom is -0.353 e. The van der Waals surface area contributed by atoms with Gasteiger partial charge in [0.1, 0.15) is 0 Å². The van der Waals surface area contributed by atoms with Crippen LogP contribution in [-0.4, -0.2) is 32.1 Å². The number of rotatable bonds is 9. The maximum atomic E-state index is 5.48. The predicted molar refractivity (Wildman–Crippen MR) is 61.8 cm³/mol. The summed E-state index contributed by atoms with van der Waals surface area (Å²) in [4.78, 5) is 0. The molecule has 15 heavy (non-hydrogen) atoms. The minimum atomic E-state index is -0.0219. The van der Waals surface area contributed by atoms with Crippen LogP contribution in [0.3, 0.4) is 0 Å². The molecule has 3 heteroatoms. The monoisotopic (exact) mass is 215 g/mol. The van der Waals surface area contributed by atoms with Gasteiger partial charge in [-0.2, -0.15) is 0 Å². The highest BCUT2D eigenvalue weighted by Crippen LogP contribution is 2.32. The number of hydrogen-bond donors (Lipinski definition) is 1. The molecule has 1 aliphatic carbocycles. The van der Waals surface area contributed by atoms with Gasteiger partial charge in [0.25, 0.3) is 0 Å². The molecule has 2 atom stereocenters. The summed E-state index contributed by atoms with van der Waals surface area (Å²) < 4.78 is 11.0. The molecular weight excluding hydrogens is 190 g/mol. The van der Waals surface area contributed by atoms with Crippen LogP contribution in [0.5, 0.6) is 0 Å². The molecule has 0 heterocycles. The SMILES string of the molecule is CCOC(CCNC1CC1CC)OCC. The van der Waals surface area contributed by atoms with Crippen molar-refractivity contribution in [3.63, 3.8) is 0 Å². The summed E-state index contributed by atoms with van der Waals surface area (Å²) in [6.45, 7) is 8.74. The van der Waals surface area contributed by atoms with Gasteiger partial charge in [0.2, 0.25) is 0 Å². The summed E-state index contributed by atoms with van der Waals surface area (Å²) in [5, 5.41) is 3.54. The van der Waals surface area contributed by atoms with Gasteiger partial charge >= 0.3 is 0 Å². The van der Waals surface area contributed by atoms with E-state index in [-0.39, 0.29) is 6.29 Å². The molecule has 3 nitrogen and oxygen atoms in total. The molecule has 2 unspecified atom stereocenters. The van der Waals surface area contributed by atoms with Gasteiger partial charge in [0.15, 0.2) is 6.29 Å². The van der Waals surface area contributed by atoms with E-state index in [1.165, 1.54) is 12.8 Å². The zero-order chi connectivity index (χ0) is 11.1. The van der Waals surface area contributed by atoms with Gasteiger partial charge < -0.3 is 14.8 Å². The molecule has 0 radical (unpaired) electrons. The third-order valence-electron chi connectivity index (χ3n) is 2.94. The Hall–Kier alpha value is -0.120. The Bertz CT molecular complexity index is 158. The standard InChI is InChI=1S/C12H25NO2/c1-4-10-9-11(10)13-8-7-12(14-5-2)15-6-3/h10-13H,4-9H2,1-3H3. The van der Waals surface area contributed by atoms with Gasteiger partial charge in [-0.25, -0.2) is 0 Å². The second kappa shape index (κ2) is 7.20. The summed E-state index contributed by atoms with van der Waals surface area (Å²) in [6, 6.07) is 0.763. The zero-order valence-corrected chi connectivity index (χ0v) is 10.3. The van der Waals surface area contributed by atoms with E-state index in [0.29, 0.717) is 0 Å². The highest BCUT2D eigenvalue weighted by Gasteiger charge is 2.34. The molecule has 1 aliphatic rings. The fraction of sp³-hybridized carbons (Fsp3) is 1.00. The quantitative estimate of drug-likeness (QED) is 0.598. The van der Waals surface area contributed by atoms with E-state index in [0.717, 1.165) is 38.1 Å². The van der Waals surface area contributed by atoms with Gasteiger partial charge in [-0.1, -0.05) is 13.3 Å². The molecule has 1 rings (SSSR count). The average molecular weight is 215 g/mol. The molecule has 0 bridgehead atoms. The van der Waals surface area contributed by atoms with Crippen molar-refractivity contribution in [2.24, 2.45) is 5.92 Å². The highest BCUT2D eigenvalue weighted by molar-refractivity contribution is 4.91. The Morgan fingerprint density at radius 3 is 2.33 bits per heavy atom. The van der Waals surface area contributed by atoms with Crippen molar-refractivity contribution >= 4 is 0 Å². The van der Waals surface area contributed by atoms with Crippen LogP contribution < -0.4 is 5.32 Å². The molecule has 1 fully saturated rings. The van der Waals surface area contributed by atoms with Crippen LogP contribution in [0.25, 0.3) is 0 Å². The Balaban J connectivity index is 2.01. The number of nitrogens with one attached hydrogen (secondary N) is 1. The van der Waals surface area contributed by atoms with E-state index in [2.05, 4.69) is 12.2 Å². The van der Waals surface area contributed by atoms with Gasteiger partial charge in [-0.15, -0.1) is 0 Å². The first-order valence-corrected chi connectivity index (χ1v) is 6.28. The predicted octanol–water partition coefficient (Wildman–Crippen LogP) is 2.16. The molecule has 0 aromatic heterocycles.